The number of hydrogen-bond donors (Lipinski definition) is 1. The van der Waals surface area contributed by atoms with Gasteiger partial charge in [-0.1, -0.05) is 12.6 Å². The highest BCUT2D eigenvalue weighted by Gasteiger charge is 1.71. The number of nitrogens with one attached hydrogen (secondary N) is 1. The van der Waals surface area contributed by atoms with Crippen LogP contribution in [0, 0.1) is 0 Å². The first-order chi connectivity index (χ1) is 2.91. The minimum absolute atomic E-state index is 0.376. The van der Waals surface area contributed by atoms with Crippen molar-refractivity contribution in [2.75, 3.05) is 19.7 Å². The lowest BCUT2D eigenvalue weighted by atomic mass is 11.1. The molecule has 0 bridgehead atoms. The largest absolute Gasteiger partial charge is 0.355 e. The van der Waals surface area contributed by atoms with E-state index in [2.05, 4.69) is 22.7 Å². The molecule has 0 aliphatic heterocycles. The Labute approximate surface area is 43.3 Å². The van der Waals surface area contributed by atoms with E-state index in [0.29, 0.717) is 12.7 Å². The van der Waals surface area contributed by atoms with Crippen molar-refractivity contribution >= 4 is 12.6 Å². The zero-order valence-electron chi connectivity index (χ0n) is 3.73. The van der Waals surface area contributed by atoms with Gasteiger partial charge in [0.25, 0.3) is 0 Å². The van der Waals surface area contributed by atoms with Gasteiger partial charge in [-0.05, 0) is 7.05 Å². The molecule has 0 amide bonds. The van der Waals surface area contributed by atoms with E-state index in [1.54, 1.807) is 0 Å². The molecule has 0 rings (SSSR count). The van der Waals surface area contributed by atoms with Crippen molar-refractivity contribution < 1.29 is 4.74 Å². The molecule has 0 saturated carbocycles. The fourth-order valence-electron chi connectivity index (χ4n) is 0.144. The van der Waals surface area contributed by atoms with Crippen LogP contribution in [0.4, 0.5) is 0 Å². The molecule has 0 aromatic rings. The fourth-order valence-corrected chi connectivity index (χ4v) is 0.227. The van der Waals surface area contributed by atoms with E-state index in [4.69, 9.17) is 0 Å². The topological polar surface area (TPSA) is 21.3 Å². The monoisotopic (exact) mass is 106 g/mol. The van der Waals surface area contributed by atoms with Crippen molar-refractivity contribution in [3.05, 3.63) is 0 Å². The van der Waals surface area contributed by atoms with Crippen LogP contribution in [0.5, 0.6) is 0 Å². The average Bonchev–Trinajstić information content (AvgIpc) is 1.61. The highest BCUT2D eigenvalue weighted by molar-refractivity contribution is 7.80. The highest BCUT2D eigenvalue weighted by atomic mass is 32.1. The van der Waals surface area contributed by atoms with Crippen molar-refractivity contribution in [2.24, 2.45) is 0 Å². The SMILES string of the molecule is CNCOC[S]. The molecule has 2 nitrogen and oxygen atoms in total. The molecule has 0 aromatic carbocycles. The normalized spacial score (nSPS) is 9.00. The molecule has 0 aliphatic rings. The summed E-state index contributed by atoms with van der Waals surface area (Å²) in [6.07, 6.45) is 0. The van der Waals surface area contributed by atoms with Crippen LogP contribution in [-0.2, 0) is 4.74 Å². The molecule has 0 unspecified atom stereocenters. The first-order valence-corrected chi connectivity index (χ1v) is 2.30. The Bertz CT molecular complexity index is 22.8. The van der Waals surface area contributed by atoms with E-state index in [-0.39, 0.29) is 0 Å². The van der Waals surface area contributed by atoms with E-state index < -0.39 is 0 Å². The van der Waals surface area contributed by atoms with Gasteiger partial charge in [-0.15, -0.1) is 0 Å². The molecular formula is C3H8NOS. The van der Waals surface area contributed by atoms with E-state index in [9.17, 15) is 0 Å². The summed E-state index contributed by atoms with van der Waals surface area (Å²) in [5.41, 5.74) is 0. The van der Waals surface area contributed by atoms with Crippen molar-refractivity contribution in [3.63, 3.8) is 0 Å². The molecule has 0 spiro atoms. The van der Waals surface area contributed by atoms with Gasteiger partial charge in [0.2, 0.25) is 0 Å². The maximum absolute atomic E-state index is 4.69. The van der Waals surface area contributed by atoms with Gasteiger partial charge in [0.15, 0.2) is 0 Å². The minimum atomic E-state index is 0.376. The van der Waals surface area contributed by atoms with Crippen LogP contribution in [0.25, 0.3) is 0 Å². The lowest BCUT2D eigenvalue weighted by Crippen LogP contribution is -2.10. The second kappa shape index (κ2) is 5.27. The third kappa shape index (κ3) is 4.27. The fraction of sp³-hybridized carbons (Fsp3) is 1.00. The Morgan fingerprint density at radius 3 is 2.67 bits per heavy atom. The second-order valence-corrected chi connectivity index (χ2v) is 1.06. The van der Waals surface area contributed by atoms with Crippen LogP contribution in [0.15, 0.2) is 0 Å². The van der Waals surface area contributed by atoms with E-state index in [1.807, 2.05) is 7.05 Å². The molecule has 0 atom stereocenters. The van der Waals surface area contributed by atoms with Gasteiger partial charge in [0.1, 0.15) is 5.94 Å². The van der Waals surface area contributed by atoms with Crippen molar-refractivity contribution in [1.29, 1.82) is 0 Å². The summed E-state index contributed by atoms with van der Waals surface area (Å²) in [5, 5.41) is 2.78. The molecule has 0 saturated heterocycles. The molecule has 37 valence electrons. The summed E-state index contributed by atoms with van der Waals surface area (Å²) in [5.74, 6) is 0.376. The Kier molecular flexibility index (Phi) is 5.51. The van der Waals surface area contributed by atoms with Crippen LogP contribution in [0.3, 0.4) is 0 Å². The van der Waals surface area contributed by atoms with E-state index in [0.717, 1.165) is 0 Å². The zero-order valence-corrected chi connectivity index (χ0v) is 4.55. The summed E-state index contributed by atoms with van der Waals surface area (Å²) < 4.78 is 4.69. The van der Waals surface area contributed by atoms with Gasteiger partial charge in [0, 0.05) is 0 Å². The lowest BCUT2D eigenvalue weighted by molar-refractivity contribution is 0.169. The molecule has 0 aromatic heterocycles. The quantitative estimate of drug-likeness (QED) is 0.413. The summed E-state index contributed by atoms with van der Waals surface area (Å²) in [7, 11) is 1.81. The van der Waals surface area contributed by atoms with Crippen molar-refractivity contribution in [2.45, 2.75) is 0 Å². The molecule has 3 heteroatoms. The maximum Gasteiger partial charge on any atom is 0.104 e. The van der Waals surface area contributed by atoms with Gasteiger partial charge < -0.3 is 4.74 Å². The Morgan fingerprint density at radius 2 is 2.50 bits per heavy atom. The predicted molar refractivity (Wildman–Crippen MR) is 27.5 cm³/mol. The van der Waals surface area contributed by atoms with Crippen LogP contribution in [0.2, 0.25) is 0 Å². The first kappa shape index (κ1) is 6.27. The standard InChI is InChI=1S/C3H8NOS/c1-4-2-5-3-6/h4H,2-3H2,1H3. The van der Waals surface area contributed by atoms with Gasteiger partial charge in [-0.2, -0.15) is 0 Å². The first-order valence-electron chi connectivity index (χ1n) is 1.72. The molecule has 1 N–H and O–H groups in total. The zero-order chi connectivity index (χ0) is 4.83. The van der Waals surface area contributed by atoms with Crippen LogP contribution in [-0.4, -0.2) is 19.7 Å². The van der Waals surface area contributed by atoms with Crippen molar-refractivity contribution in [1.82, 2.24) is 5.32 Å². The minimum Gasteiger partial charge on any atom is -0.355 e. The molecule has 0 heterocycles. The number of ether oxygens (including phenoxy) is 1. The number of hydrogen-bond acceptors (Lipinski definition) is 2. The Morgan fingerprint density at radius 1 is 1.83 bits per heavy atom. The van der Waals surface area contributed by atoms with Gasteiger partial charge in [-0.25, -0.2) is 0 Å². The average molecular weight is 106 g/mol. The van der Waals surface area contributed by atoms with Gasteiger partial charge in [-0.3, -0.25) is 5.32 Å². The Balaban J connectivity index is 2.34. The highest BCUT2D eigenvalue weighted by Crippen LogP contribution is 1.70. The molecule has 0 aliphatic carbocycles. The summed E-state index contributed by atoms with van der Waals surface area (Å²) in [4.78, 5) is 0. The maximum atomic E-state index is 4.69. The summed E-state index contributed by atoms with van der Waals surface area (Å²) in [6, 6.07) is 0. The summed E-state index contributed by atoms with van der Waals surface area (Å²) >= 11 is 4.46. The van der Waals surface area contributed by atoms with Crippen LogP contribution in [0.1, 0.15) is 0 Å². The predicted octanol–water partition coefficient (Wildman–Crippen LogP) is 0.335. The number of rotatable bonds is 3. The van der Waals surface area contributed by atoms with E-state index >= 15 is 0 Å². The summed E-state index contributed by atoms with van der Waals surface area (Å²) in [6.45, 7) is 0.559. The smallest absolute Gasteiger partial charge is 0.104 e. The second-order valence-electron chi connectivity index (χ2n) is 0.820. The lowest BCUT2D eigenvalue weighted by Gasteiger charge is -1.92. The third-order valence-electron chi connectivity index (χ3n) is 0.330. The van der Waals surface area contributed by atoms with Crippen molar-refractivity contribution in [3.8, 4) is 0 Å². The van der Waals surface area contributed by atoms with Gasteiger partial charge in [0.05, 0.1) is 6.73 Å². The Hall–Kier alpha value is 0.270. The molecule has 1 radical (unpaired) electrons. The molecular weight excluding hydrogens is 98.1 g/mol. The van der Waals surface area contributed by atoms with Crippen LogP contribution < -0.4 is 5.32 Å². The van der Waals surface area contributed by atoms with E-state index in [1.165, 1.54) is 0 Å². The molecule has 6 heavy (non-hydrogen) atoms. The van der Waals surface area contributed by atoms with Gasteiger partial charge >= 0.3 is 0 Å². The third-order valence-corrected chi connectivity index (χ3v) is 0.496. The van der Waals surface area contributed by atoms with Crippen LogP contribution >= 0.6 is 12.6 Å². The molecule has 0 fully saturated rings.